The zero-order valence-corrected chi connectivity index (χ0v) is 18.6. The van der Waals surface area contributed by atoms with Gasteiger partial charge in [0.1, 0.15) is 18.8 Å². The smallest absolute Gasteiger partial charge is 0.481 e. The van der Waals surface area contributed by atoms with Gasteiger partial charge in [-0.2, -0.15) is 0 Å². The van der Waals surface area contributed by atoms with Gasteiger partial charge in [0.05, 0.1) is 19.8 Å². The van der Waals surface area contributed by atoms with Gasteiger partial charge in [0.15, 0.2) is 11.6 Å². The van der Waals surface area contributed by atoms with E-state index >= 15 is 0 Å². The molecular weight excluding hydrogens is 384 g/mol. The van der Waals surface area contributed by atoms with Gasteiger partial charge in [-0.3, -0.25) is 9.59 Å². The highest BCUT2D eigenvalue weighted by atomic mass is 16.8. The Morgan fingerprint density at radius 2 is 1.45 bits per heavy atom. The minimum atomic E-state index is -0.711. The van der Waals surface area contributed by atoms with Gasteiger partial charge in [0.2, 0.25) is 0 Å². The lowest BCUT2D eigenvalue weighted by Crippen LogP contribution is -2.25. The molecule has 0 spiro atoms. The maximum Gasteiger partial charge on any atom is 1.00 e. The number of hydrogen-bond donors (Lipinski definition) is 2. The lowest BCUT2D eigenvalue weighted by Gasteiger charge is -2.16. The predicted octanol–water partition coefficient (Wildman–Crippen LogP) is 2.60. The maximum atomic E-state index is 11.0. The first kappa shape index (κ1) is 27.7. The molecule has 0 aromatic rings. The monoisotopic (exact) mass is 423 g/mol. The average molecular weight is 424 g/mol. The fraction of sp³-hybridized carbons (Fsp3) is 0.900. The largest absolute Gasteiger partial charge is 1.00 e. The third kappa shape index (κ3) is 14.4. The molecule has 2 N–H and O–H groups in total. The maximum absolute atomic E-state index is 11.0. The highest BCUT2D eigenvalue weighted by Gasteiger charge is 2.33. The summed E-state index contributed by atoms with van der Waals surface area (Å²) >= 11 is 0. The molecular formula is C20H39O9+. The Bertz CT molecular complexity index is 483. The minimum absolute atomic E-state index is 0. The van der Waals surface area contributed by atoms with Crippen LogP contribution in [0.2, 0.25) is 0 Å². The van der Waals surface area contributed by atoms with Crippen molar-refractivity contribution in [1.29, 1.82) is 0 Å². The summed E-state index contributed by atoms with van der Waals surface area (Å²) < 4.78 is 26.2. The summed E-state index contributed by atoms with van der Waals surface area (Å²) in [5, 5.41) is 16.5. The second-order valence-electron chi connectivity index (χ2n) is 7.66. The zero-order valence-electron chi connectivity index (χ0n) is 19.6. The van der Waals surface area contributed by atoms with Crippen LogP contribution in [0, 0.1) is 0 Å². The number of carboxylic acid groups (broad SMARTS) is 1. The van der Waals surface area contributed by atoms with Gasteiger partial charge in [0, 0.05) is 12.8 Å². The quantitative estimate of drug-likeness (QED) is 0.595. The van der Waals surface area contributed by atoms with Gasteiger partial charge >= 0.3 is 13.4 Å². The fourth-order valence-electron chi connectivity index (χ4n) is 2.37. The first-order chi connectivity index (χ1) is 13.4. The zero-order chi connectivity index (χ0) is 22.5. The minimum Gasteiger partial charge on any atom is -0.481 e. The lowest BCUT2D eigenvalue weighted by atomic mass is 10.3. The predicted molar refractivity (Wildman–Crippen MR) is 106 cm³/mol. The van der Waals surface area contributed by atoms with Crippen molar-refractivity contribution in [3.8, 4) is 0 Å². The van der Waals surface area contributed by atoms with Gasteiger partial charge in [-0.25, -0.2) is 0 Å². The van der Waals surface area contributed by atoms with Crippen molar-refractivity contribution < 1.29 is 44.9 Å². The molecule has 2 aliphatic heterocycles. The van der Waals surface area contributed by atoms with Crippen LogP contribution in [0.1, 0.15) is 68.7 Å². The molecule has 0 radical (unpaired) electrons. The van der Waals surface area contributed by atoms with Crippen LogP contribution in [-0.4, -0.2) is 72.4 Å². The standard InChI is InChI=1S/C10H18O4.C6H12O3.C4H8O2/c1-4-5-9(11)12-6-8-7-13-10(2,3)14-8;1-6(2)8-4-5(3-7)9-6;1-2-3-4(5)6/h8H,4-7H2,1-3H3;5,7H,3-4H2,1-2H3;2-3H2,1H3,(H,5,6)/p+1. The molecule has 2 saturated heterocycles. The summed E-state index contributed by atoms with van der Waals surface area (Å²) in [5.41, 5.74) is 0. The Morgan fingerprint density at radius 1 is 0.966 bits per heavy atom. The molecule has 0 amide bonds. The van der Waals surface area contributed by atoms with E-state index in [-0.39, 0.29) is 26.2 Å². The fourth-order valence-corrected chi connectivity index (χ4v) is 2.37. The molecule has 2 unspecified atom stereocenters. The highest BCUT2D eigenvalue weighted by Crippen LogP contribution is 2.22. The summed E-state index contributed by atoms with van der Waals surface area (Å²) in [6.07, 6.45) is 2.06. The summed E-state index contributed by atoms with van der Waals surface area (Å²) in [6.45, 7) is 12.5. The van der Waals surface area contributed by atoms with E-state index in [1.807, 2.05) is 41.5 Å². The first-order valence-corrected chi connectivity index (χ1v) is 10.1. The molecule has 2 atom stereocenters. The van der Waals surface area contributed by atoms with Crippen molar-refractivity contribution in [2.45, 2.75) is 91.0 Å². The van der Waals surface area contributed by atoms with Gasteiger partial charge in [0.25, 0.3) is 0 Å². The summed E-state index contributed by atoms with van der Waals surface area (Å²) in [4.78, 5) is 20.6. The van der Waals surface area contributed by atoms with Crippen LogP contribution in [0.5, 0.6) is 0 Å². The molecule has 2 fully saturated rings. The Labute approximate surface area is 175 Å². The van der Waals surface area contributed by atoms with Gasteiger partial charge < -0.3 is 33.9 Å². The summed E-state index contributed by atoms with van der Waals surface area (Å²) in [6, 6.07) is 0. The van der Waals surface area contributed by atoms with Crippen LogP contribution >= 0.6 is 0 Å². The summed E-state index contributed by atoms with van der Waals surface area (Å²) in [7, 11) is 0. The molecule has 9 nitrogen and oxygen atoms in total. The van der Waals surface area contributed by atoms with Crippen molar-refractivity contribution in [3.63, 3.8) is 0 Å². The molecule has 0 aliphatic carbocycles. The number of carbonyl (C=O) groups excluding carboxylic acids is 1. The van der Waals surface area contributed by atoms with Crippen LogP contribution in [0.15, 0.2) is 0 Å². The number of aliphatic hydroxyl groups excluding tert-OH is 1. The van der Waals surface area contributed by atoms with E-state index in [0.717, 1.165) is 12.8 Å². The average Bonchev–Trinajstić information content (AvgIpc) is 3.15. The third-order valence-electron chi connectivity index (χ3n) is 3.69. The number of rotatable bonds is 7. The van der Waals surface area contributed by atoms with E-state index in [1.165, 1.54) is 0 Å². The lowest BCUT2D eigenvalue weighted by molar-refractivity contribution is -0.158. The SMILES string of the molecule is CC1(C)OCC(CO)O1.CCCC(=O)O.CCCC(=O)OCC1COC(C)(C)O1.[H+]. The van der Waals surface area contributed by atoms with E-state index in [4.69, 9.17) is 33.9 Å². The van der Waals surface area contributed by atoms with Gasteiger partial charge in [-0.15, -0.1) is 0 Å². The molecule has 0 aromatic heterocycles. The topological polar surface area (TPSA) is 121 Å². The Morgan fingerprint density at radius 3 is 1.72 bits per heavy atom. The van der Waals surface area contributed by atoms with Gasteiger partial charge in [-0.1, -0.05) is 13.8 Å². The molecule has 2 rings (SSSR count). The molecule has 2 aliphatic rings. The van der Waals surface area contributed by atoms with E-state index in [9.17, 15) is 9.59 Å². The van der Waals surface area contributed by atoms with Crippen LogP contribution in [0.25, 0.3) is 0 Å². The Kier molecular flexibility index (Phi) is 13.3. The number of hydrogen-bond acceptors (Lipinski definition) is 8. The highest BCUT2D eigenvalue weighted by molar-refractivity contribution is 5.69. The number of aliphatic carboxylic acids is 1. The normalized spacial score (nSPS) is 24.0. The van der Waals surface area contributed by atoms with Crippen LogP contribution in [-0.2, 0) is 33.3 Å². The first-order valence-electron chi connectivity index (χ1n) is 10.1. The van der Waals surface area contributed by atoms with Crippen LogP contribution in [0.4, 0.5) is 0 Å². The molecule has 2 heterocycles. The Hall–Kier alpha value is -1.26. The van der Waals surface area contributed by atoms with Crippen molar-refractivity contribution in [2.24, 2.45) is 0 Å². The van der Waals surface area contributed by atoms with E-state index in [1.54, 1.807) is 0 Å². The van der Waals surface area contributed by atoms with E-state index in [2.05, 4.69) is 0 Å². The van der Waals surface area contributed by atoms with E-state index < -0.39 is 17.5 Å². The molecule has 9 heteroatoms. The molecule has 0 saturated carbocycles. The number of ether oxygens (including phenoxy) is 5. The molecule has 0 aromatic carbocycles. The second-order valence-corrected chi connectivity index (χ2v) is 7.66. The van der Waals surface area contributed by atoms with Crippen molar-refractivity contribution in [3.05, 3.63) is 0 Å². The van der Waals surface area contributed by atoms with Crippen LogP contribution < -0.4 is 0 Å². The molecule has 0 bridgehead atoms. The number of carboxylic acids is 1. The third-order valence-corrected chi connectivity index (χ3v) is 3.69. The molecule has 172 valence electrons. The van der Waals surface area contributed by atoms with Gasteiger partial charge in [-0.05, 0) is 40.5 Å². The number of esters is 1. The van der Waals surface area contributed by atoms with Crippen molar-refractivity contribution in [1.82, 2.24) is 0 Å². The number of carbonyl (C=O) groups is 2. The van der Waals surface area contributed by atoms with Crippen molar-refractivity contribution >= 4 is 11.9 Å². The Balaban J connectivity index is 0. The second kappa shape index (κ2) is 13.9. The summed E-state index contributed by atoms with van der Waals surface area (Å²) in [5.74, 6) is -1.91. The van der Waals surface area contributed by atoms with E-state index in [0.29, 0.717) is 32.7 Å². The van der Waals surface area contributed by atoms with Crippen molar-refractivity contribution in [2.75, 3.05) is 26.4 Å². The van der Waals surface area contributed by atoms with Crippen LogP contribution in [0.3, 0.4) is 0 Å². The number of aliphatic hydroxyl groups is 1. The molecule has 29 heavy (non-hydrogen) atoms.